The van der Waals surface area contributed by atoms with Crippen molar-refractivity contribution in [3.63, 3.8) is 0 Å². The first-order valence-electron chi connectivity index (χ1n) is 11.7. The number of rotatable bonds is 12. The van der Waals surface area contributed by atoms with Crippen LogP contribution in [0.4, 0.5) is 0 Å². The summed E-state index contributed by atoms with van der Waals surface area (Å²) >= 11 is 0. The van der Waals surface area contributed by atoms with Crippen molar-refractivity contribution < 1.29 is 37.9 Å². The van der Waals surface area contributed by atoms with Crippen molar-refractivity contribution in [3.05, 3.63) is 0 Å². The predicted octanol–water partition coefficient (Wildman–Crippen LogP) is 2.52. The first-order valence-corrected chi connectivity index (χ1v) is 11.7. The van der Waals surface area contributed by atoms with Gasteiger partial charge in [0.2, 0.25) is 0 Å². The molecule has 172 valence electrons. The molecule has 5 heterocycles. The second kappa shape index (κ2) is 8.90. The maximum atomic E-state index is 6.08. The summed E-state index contributed by atoms with van der Waals surface area (Å²) in [6.07, 6.45) is 6.55. The van der Waals surface area contributed by atoms with Gasteiger partial charge >= 0.3 is 0 Å². The Hall–Kier alpha value is -0.320. The van der Waals surface area contributed by atoms with E-state index in [1.54, 1.807) is 0 Å². The number of hydrogen-bond donors (Lipinski definition) is 0. The summed E-state index contributed by atoms with van der Waals surface area (Å²) in [5.74, 6) is -0.572. The van der Waals surface area contributed by atoms with Gasteiger partial charge < -0.3 is 37.9 Å². The SMILES string of the molecule is CCCCCCCCO[C@H]1O[C@H](CO[C@H]2O[C@@H]([C@H]3COC(C)(C)O3)[C@H]3O[C@@H]23)[C@@H]2O[C@H]12. The van der Waals surface area contributed by atoms with E-state index in [4.69, 9.17) is 37.9 Å². The van der Waals surface area contributed by atoms with Crippen LogP contribution in [0.15, 0.2) is 0 Å². The molecule has 0 spiro atoms. The molecule has 0 unspecified atom stereocenters. The summed E-state index contributed by atoms with van der Waals surface area (Å²) in [4.78, 5) is 0. The van der Waals surface area contributed by atoms with E-state index >= 15 is 0 Å². The smallest absolute Gasteiger partial charge is 0.187 e. The van der Waals surface area contributed by atoms with E-state index in [9.17, 15) is 0 Å². The van der Waals surface area contributed by atoms with Gasteiger partial charge in [-0.15, -0.1) is 0 Å². The average molecular weight is 429 g/mol. The lowest BCUT2D eigenvalue weighted by atomic mass is 10.1. The van der Waals surface area contributed by atoms with Crippen molar-refractivity contribution in [2.45, 2.75) is 120 Å². The molecule has 5 aliphatic heterocycles. The van der Waals surface area contributed by atoms with Crippen molar-refractivity contribution in [1.82, 2.24) is 0 Å². The number of unbranched alkanes of at least 4 members (excludes halogenated alkanes) is 5. The van der Waals surface area contributed by atoms with E-state index < -0.39 is 12.1 Å². The third kappa shape index (κ3) is 4.71. The Morgan fingerprint density at radius 2 is 1.50 bits per heavy atom. The van der Waals surface area contributed by atoms with Gasteiger partial charge in [0.1, 0.15) is 42.7 Å². The standard InChI is InChI=1S/C22H36O8/c1-4-5-6-7-8-9-10-23-20-18-15(27-18)13(26-20)11-24-21-19-17(28-19)16(29-21)14-12-25-22(2,3)30-14/h13-21H,4-12H2,1-3H3/t13-,14-,15+,16+,17-,18+,19-,20+,21+/m1/s1. The topological polar surface area (TPSA) is 80.4 Å². The molecule has 8 nitrogen and oxygen atoms in total. The molecule has 0 aromatic rings. The first kappa shape index (κ1) is 21.5. The average Bonchev–Trinajstić information content (AvgIpc) is 3.59. The van der Waals surface area contributed by atoms with Crippen LogP contribution in [0.25, 0.3) is 0 Å². The van der Waals surface area contributed by atoms with Gasteiger partial charge in [0.05, 0.1) is 13.2 Å². The quantitative estimate of drug-likeness (QED) is 0.347. The van der Waals surface area contributed by atoms with E-state index in [0.717, 1.165) is 13.0 Å². The van der Waals surface area contributed by atoms with Crippen molar-refractivity contribution in [1.29, 1.82) is 0 Å². The molecule has 5 aliphatic rings. The molecule has 0 N–H and O–H groups in total. The lowest BCUT2D eigenvalue weighted by Crippen LogP contribution is -2.37. The minimum atomic E-state index is -0.572. The molecule has 0 aliphatic carbocycles. The van der Waals surface area contributed by atoms with Gasteiger partial charge in [-0.3, -0.25) is 0 Å². The van der Waals surface area contributed by atoms with Crippen LogP contribution >= 0.6 is 0 Å². The van der Waals surface area contributed by atoms with Gasteiger partial charge in [0.15, 0.2) is 18.4 Å². The van der Waals surface area contributed by atoms with Crippen LogP contribution in [0.3, 0.4) is 0 Å². The van der Waals surface area contributed by atoms with Crippen molar-refractivity contribution >= 4 is 0 Å². The van der Waals surface area contributed by atoms with Crippen LogP contribution in [0, 0.1) is 0 Å². The number of hydrogen-bond acceptors (Lipinski definition) is 8. The molecule has 5 fully saturated rings. The summed E-state index contributed by atoms with van der Waals surface area (Å²) in [6, 6.07) is 0. The fraction of sp³-hybridized carbons (Fsp3) is 1.00. The summed E-state index contributed by atoms with van der Waals surface area (Å²) < 4.78 is 47.1. The molecule has 9 atom stereocenters. The van der Waals surface area contributed by atoms with E-state index in [2.05, 4.69) is 6.92 Å². The summed E-state index contributed by atoms with van der Waals surface area (Å²) in [7, 11) is 0. The highest BCUT2D eigenvalue weighted by Crippen LogP contribution is 2.45. The summed E-state index contributed by atoms with van der Waals surface area (Å²) in [5, 5.41) is 0. The molecule has 0 radical (unpaired) electrons. The van der Waals surface area contributed by atoms with Crippen molar-refractivity contribution in [2.75, 3.05) is 19.8 Å². The molecular weight excluding hydrogens is 392 g/mol. The lowest BCUT2D eigenvalue weighted by Gasteiger charge is -2.24. The number of fused-ring (bicyclic) bond motifs is 2. The van der Waals surface area contributed by atoms with Crippen LogP contribution < -0.4 is 0 Å². The zero-order valence-corrected chi connectivity index (χ0v) is 18.3. The fourth-order valence-electron chi connectivity index (χ4n) is 4.76. The molecule has 5 rings (SSSR count). The van der Waals surface area contributed by atoms with Crippen LogP contribution in [0.1, 0.15) is 59.3 Å². The van der Waals surface area contributed by atoms with E-state index in [1.807, 2.05) is 13.8 Å². The van der Waals surface area contributed by atoms with Gasteiger partial charge in [-0.1, -0.05) is 39.0 Å². The Morgan fingerprint density at radius 1 is 0.767 bits per heavy atom. The largest absolute Gasteiger partial charge is 0.361 e. The minimum Gasteiger partial charge on any atom is -0.361 e. The second-order valence-corrected chi connectivity index (χ2v) is 9.48. The first-order chi connectivity index (χ1) is 14.6. The maximum Gasteiger partial charge on any atom is 0.187 e. The Morgan fingerprint density at radius 3 is 2.30 bits per heavy atom. The van der Waals surface area contributed by atoms with E-state index in [0.29, 0.717) is 13.2 Å². The van der Waals surface area contributed by atoms with E-state index in [1.165, 1.54) is 32.1 Å². The number of ether oxygens (including phenoxy) is 8. The highest BCUT2D eigenvalue weighted by molar-refractivity contribution is 5.05. The van der Waals surface area contributed by atoms with E-state index in [-0.39, 0.29) is 49.0 Å². The third-order valence-corrected chi connectivity index (χ3v) is 6.55. The molecule has 0 saturated carbocycles. The molecule has 5 saturated heterocycles. The molecule has 0 aromatic carbocycles. The Kier molecular flexibility index (Phi) is 6.39. The molecule has 0 aromatic heterocycles. The normalized spacial score (nSPS) is 45.5. The van der Waals surface area contributed by atoms with Crippen LogP contribution in [-0.4, -0.2) is 80.9 Å². The maximum absolute atomic E-state index is 6.08. The minimum absolute atomic E-state index is 0.0281. The molecule has 8 heteroatoms. The van der Waals surface area contributed by atoms with Crippen LogP contribution in [0.2, 0.25) is 0 Å². The zero-order chi connectivity index (χ0) is 20.7. The van der Waals surface area contributed by atoms with Crippen molar-refractivity contribution in [2.24, 2.45) is 0 Å². The van der Waals surface area contributed by atoms with Crippen LogP contribution in [0.5, 0.6) is 0 Å². The Bertz CT molecular complexity index is 585. The number of epoxide rings is 2. The monoisotopic (exact) mass is 428 g/mol. The van der Waals surface area contributed by atoms with Gasteiger partial charge in [-0.2, -0.15) is 0 Å². The summed E-state index contributed by atoms with van der Waals surface area (Å²) in [5.41, 5.74) is 0. The second-order valence-electron chi connectivity index (χ2n) is 9.48. The summed E-state index contributed by atoms with van der Waals surface area (Å²) in [6.45, 7) is 7.71. The Labute approximate surface area is 178 Å². The molecule has 0 bridgehead atoms. The van der Waals surface area contributed by atoms with Crippen molar-refractivity contribution in [3.8, 4) is 0 Å². The highest BCUT2D eigenvalue weighted by Gasteiger charge is 2.64. The highest BCUT2D eigenvalue weighted by atomic mass is 16.8. The van der Waals surface area contributed by atoms with Gasteiger partial charge in [-0.25, -0.2) is 0 Å². The Balaban J connectivity index is 0.992. The zero-order valence-electron chi connectivity index (χ0n) is 18.3. The third-order valence-electron chi connectivity index (χ3n) is 6.55. The predicted molar refractivity (Wildman–Crippen MR) is 105 cm³/mol. The van der Waals surface area contributed by atoms with Gasteiger partial charge in [0, 0.05) is 6.61 Å². The molecule has 30 heavy (non-hydrogen) atoms. The van der Waals surface area contributed by atoms with Gasteiger partial charge in [-0.05, 0) is 20.3 Å². The molecule has 0 amide bonds. The van der Waals surface area contributed by atoms with Gasteiger partial charge in [0.25, 0.3) is 0 Å². The molecular formula is C22H36O8. The lowest BCUT2D eigenvalue weighted by molar-refractivity contribution is -0.230. The fourth-order valence-corrected chi connectivity index (χ4v) is 4.76. The van der Waals surface area contributed by atoms with Crippen LogP contribution in [-0.2, 0) is 37.9 Å².